The molecular formula is C29H19Br. The quantitative estimate of drug-likeness (QED) is 0.253. The first-order valence-electron chi connectivity index (χ1n) is 10.2. The molecule has 0 aliphatic heterocycles. The highest BCUT2D eigenvalue weighted by molar-refractivity contribution is 9.10. The van der Waals surface area contributed by atoms with Crippen molar-refractivity contribution in [2.75, 3.05) is 0 Å². The van der Waals surface area contributed by atoms with Crippen molar-refractivity contribution in [2.24, 2.45) is 0 Å². The minimum Gasteiger partial charge on any atom is -0.0622 e. The van der Waals surface area contributed by atoms with E-state index in [1.807, 2.05) is 0 Å². The molecule has 0 fully saturated rings. The Morgan fingerprint density at radius 1 is 0.467 bits per heavy atom. The van der Waals surface area contributed by atoms with Gasteiger partial charge in [0.15, 0.2) is 0 Å². The van der Waals surface area contributed by atoms with E-state index in [-0.39, 0.29) is 5.41 Å². The van der Waals surface area contributed by atoms with Crippen molar-refractivity contribution in [3.63, 3.8) is 0 Å². The first-order valence-corrected chi connectivity index (χ1v) is 11.0. The van der Waals surface area contributed by atoms with Gasteiger partial charge in [-0.2, -0.15) is 0 Å². The van der Waals surface area contributed by atoms with Crippen molar-refractivity contribution in [1.29, 1.82) is 0 Å². The van der Waals surface area contributed by atoms with Gasteiger partial charge in [0.25, 0.3) is 0 Å². The molecule has 0 bridgehead atoms. The number of rotatable bonds is 2. The molecule has 0 amide bonds. The highest BCUT2D eigenvalue weighted by Crippen LogP contribution is 2.56. The predicted molar refractivity (Wildman–Crippen MR) is 129 cm³/mol. The van der Waals surface area contributed by atoms with Crippen LogP contribution in [-0.4, -0.2) is 0 Å². The van der Waals surface area contributed by atoms with Gasteiger partial charge in [-0.3, -0.25) is 0 Å². The van der Waals surface area contributed by atoms with E-state index >= 15 is 0 Å². The van der Waals surface area contributed by atoms with Gasteiger partial charge in [-0.1, -0.05) is 107 Å². The first-order chi connectivity index (χ1) is 14.8. The zero-order valence-corrected chi connectivity index (χ0v) is 17.9. The Morgan fingerprint density at radius 2 is 1.13 bits per heavy atom. The molecule has 1 aliphatic rings. The van der Waals surface area contributed by atoms with Crippen molar-refractivity contribution in [2.45, 2.75) is 5.41 Å². The van der Waals surface area contributed by atoms with Crippen molar-refractivity contribution < 1.29 is 0 Å². The van der Waals surface area contributed by atoms with Crippen LogP contribution in [0.4, 0.5) is 0 Å². The van der Waals surface area contributed by atoms with Crippen LogP contribution in [0.2, 0.25) is 0 Å². The molecule has 1 aliphatic carbocycles. The lowest BCUT2D eigenvalue weighted by Crippen LogP contribution is -2.28. The average Bonchev–Trinajstić information content (AvgIpc) is 3.08. The standard InChI is InChI=1S/C29H19Br/c30-24-14-8-13-23(19-24)29(22-11-2-1-3-12-22)27-16-7-6-15-25(27)26-17-20-9-4-5-10-21(20)18-28(26)29/h1-19H. The Balaban J connectivity index is 1.83. The van der Waals surface area contributed by atoms with Gasteiger partial charge >= 0.3 is 0 Å². The third kappa shape index (κ3) is 2.39. The van der Waals surface area contributed by atoms with Crippen LogP contribution >= 0.6 is 15.9 Å². The summed E-state index contributed by atoms with van der Waals surface area (Å²) in [5.74, 6) is 0. The second kappa shape index (κ2) is 6.68. The SMILES string of the molecule is Brc1cccc(C2(c3ccccc3)c3ccccc3-c3cc4ccccc4cc32)c1. The van der Waals surface area contributed by atoms with Gasteiger partial charge in [0.2, 0.25) is 0 Å². The van der Waals surface area contributed by atoms with E-state index in [0.717, 1.165) is 4.47 Å². The molecule has 5 aromatic rings. The summed E-state index contributed by atoms with van der Waals surface area (Å²) in [7, 11) is 0. The average molecular weight is 447 g/mol. The van der Waals surface area contributed by atoms with Crippen LogP contribution in [-0.2, 0) is 5.41 Å². The summed E-state index contributed by atoms with van der Waals surface area (Å²) in [6.45, 7) is 0. The van der Waals surface area contributed by atoms with Crippen LogP contribution in [0.15, 0.2) is 120 Å². The minimum atomic E-state index is -0.346. The van der Waals surface area contributed by atoms with Crippen molar-refractivity contribution >= 4 is 26.7 Å². The number of halogens is 1. The molecular weight excluding hydrogens is 428 g/mol. The molecule has 6 rings (SSSR count). The predicted octanol–water partition coefficient (Wildman–Crippen LogP) is 7.97. The van der Waals surface area contributed by atoms with E-state index < -0.39 is 0 Å². The van der Waals surface area contributed by atoms with Crippen molar-refractivity contribution in [3.05, 3.63) is 142 Å². The van der Waals surface area contributed by atoms with Crippen LogP contribution in [0.3, 0.4) is 0 Å². The monoisotopic (exact) mass is 446 g/mol. The Bertz CT molecular complexity index is 1400. The fourth-order valence-electron chi connectivity index (χ4n) is 5.16. The van der Waals surface area contributed by atoms with Gasteiger partial charge in [-0.15, -0.1) is 0 Å². The maximum absolute atomic E-state index is 3.73. The van der Waals surface area contributed by atoms with Gasteiger partial charge < -0.3 is 0 Å². The Hall–Kier alpha value is -3.16. The summed E-state index contributed by atoms with van der Waals surface area (Å²) < 4.78 is 1.10. The van der Waals surface area contributed by atoms with E-state index in [0.29, 0.717) is 0 Å². The Morgan fingerprint density at radius 3 is 1.93 bits per heavy atom. The van der Waals surface area contributed by atoms with Crippen LogP contribution in [0.5, 0.6) is 0 Å². The summed E-state index contributed by atoms with van der Waals surface area (Å²) in [5, 5.41) is 2.56. The lowest BCUT2D eigenvalue weighted by Gasteiger charge is -2.34. The molecule has 1 unspecified atom stereocenters. The zero-order chi connectivity index (χ0) is 20.1. The van der Waals surface area contributed by atoms with Crippen LogP contribution in [0, 0.1) is 0 Å². The van der Waals surface area contributed by atoms with E-state index in [9.17, 15) is 0 Å². The zero-order valence-electron chi connectivity index (χ0n) is 16.3. The molecule has 5 aromatic carbocycles. The highest BCUT2D eigenvalue weighted by atomic mass is 79.9. The molecule has 0 nitrogen and oxygen atoms in total. The fourth-order valence-corrected chi connectivity index (χ4v) is 5.56. The van der Waals surface area contributed by atoms with Crippen LogP contribution in [0.1, 0.15) is 22.3 Å². The topological polar surface area (TPSA) is 0 Å². The number of hydrogen-bond acceptors (Lipinski definition) is 0. The van der Waals surface area contributed by atoms with E-state index in [1.54, 1.807) is 0 Å². The highest BCUT2D eigenvalue weighted by Gasteiger charge is 2.46. The third-order valence-electron chi connectivity index (χ3n) is 6.38. The fraction of sp³-hybridized carbons (Fsp3) is 0.0345. The second-order valence-electron chi connectivity index (χ2n) is 7.92. The molecule has 0 heterocycles. The van der Waals surface area contributed by atoms with Crippen molar-refractivity contribution in [1.82, 2.24) is 0 Å². The molecule has 0 radical (unpaired) electrons. The van der Waals surface area contributed by atoms with Gasteiger partial charge in [-0.05, 0) is 68.4 Å². The second-order valence-corrected chi connectivity index (χ2v) is 8.83. The lowest BCUT2D eigenvalue weighted by atomic mass is 9.67. The summed E-state index contributed by atoms with van der Waals surface area (Å²) >= 11 is 3.73. The number of benzene rings is 5. The third-order valence-corrected chi connectivity index (χ3v) is 6.87. The van der Waals surface area contributed by atoms with E-state index in [4.69, 9.17) is 0 Å². The first kappa shape index (κ1) is 17.7. The molecule has 1 heteroatoms. The van der Waals surface area contributed by atoms with Gasteiger partial charge in [0, 0.05) is 4.47 Å². The number of hydrogen-bond donors (Lipinski definition) is 0. The normalized spacial score (nSPS) is 17.0. The molecule has 0 N–H and O–H groups in total. The largest absolute Gasteiger partial charge is 0.0714 e. The van der Waals surface area contributed by atoms with Gasteiger partial charge in [0.05, 0.1) is 5.41 Å². The van der Waals surface area contributed by atoms with E-state index in [1.165, 1.54) is 44.2 Å². The molecule has 30 heavy (non-hydrogen) atoms. The molecule has 0 saturated heterocycles. The van der Waals surface area contributed by atoms with Crippen LogP contribution in [0.25, 0.3) is 21.9 Å². The molecule has 0 aromatic heterocycles. The summed E-state index contributed by atoms with van der Waals surface area (Å²) in [6, 6.07) is 42.0. The molecule has 142 valence electrons. The minimum absolute atomic E-state index is 0.346. The summed E-state index contributed by atoms with van der Waals surface area (Å²) in [5.41, 5.74) is 7.58. The number of fused-ring (bicyclic) bond motifs is 4. The summed E-state index contributed by atoms with van der Waals surface area (Å²) in [4.78, 5) is 0. The molecule has 0 saturated carbocycles. The Labute approximate surface area is 185 Å². The Kier molecular flexibility index (Phi) is 3.94. The van der Waals surface area contributed by atoms with E-state index in [2.05, 4.69) is 131 Å². The summed E-state index contributed by atoms with van der Waals surface area (Å²) in [6.07, 6.45) is 0. The van der Waals surface area contributed by atoms with Crippen molar-refractivity contribution in [3.8, 4) is 11.1 Å². The van der Waals surface area contributed by atoms with Gasteiger partial charge in [-0.25, -0.2) is 0 Å². The smallest absolute Gasteiger partial charge is 0.0622 e. The van der Waals surface area contributed by atoms with Gasteiger partial charge in [0.1, 0.15) is 0 Å². The lowest BCUT2D eigenvalue weighted by molar-refractivity contribution is 0.769. The maximum Gasteiger partial charge on any atom is 0.0714 e. The maximum atomic E-state index is 3.73. The molecule has 0 spiro atoms. The molecule has 1 atom stereocenters. The van der Waals surface area contributed by atoms with Crippen LogP contribution < -0.4 is 0 Å².